The number of carbonyl (C=O) groups excluding carboxylic acids is 1. The summed E-state index contributed by atoms with van der Waals surface area (Å²) in [6.07, 6.45) is -0.713. The molecule has 0 aliphatic heterocycles. The third-order valence-electron chi connectivity index (χ3n) is 1.92. The first-order valence-corrected chi connectivity index (χ1v) is 4.65. The molecule has 80 valence electrons. The molecule has 0 heterocycles. The molecule has 4 N–H and O–H groups in total. The summed E-state index contributed by atoms with van der Waals surface area (Å²) >= 11 is 0. The predicted octanol–water partition coefficient (Wildman–Crippen LogP) is -0.205. The highest BCUT2D eigenvalue weighted by atomic mass is 16.3. The molecule has 1 atom stereocenters. The monoisotopic (exact) mass is 206 g/mol. The number of aliphatic hydroxyl groups excluding tert-OH is 1. The van der Waals surface area contributed by atoms with Gasteiger partial charge in [-0.2, -0.15) is 0 Å². The van der Waals surface area contributed by atoms with E-state index in [1.165, 1.54) is 0 Å². The van der Waals surface area contributed by atoms with E-state index in [-0.39, 0.29) is 19.0 Å². The van der Waals surface area contributed by atoms with Gasteiger partial charge >= 0.3 is 0 Å². The van der Waals surface area contributed by atoms with E-state index in [1.807, 2.05) is 0 Å². The van der Waals surface area contributed by atoms with Crippen LogP contribution in [-0.4, -0.2) is 30.2 Å². The molecule has 0 aliphatic rings. The Morgan fingerprint density at radius 1 is 1.60 bits per heavy atom. The molecular weight excluding hydrogens is 192 g/mol. The molecule has 15 heavy (non-hydrogen) atoms. The van der Waals surface area contributed by atoms with Gasteiger partial charge in [-0.25, -0.2) is 0 Å². The normalized spacial score (nSPS) is 12.2. The number of benzene rings is 1. The first kappa shape index (κ1) is 11.7. The molecule has 0 spiro atoms. The van der Waals surface area contributed by atoms with Crippen LogP contribution in [0.2, 0.25) is 0 Å². The number of nitrogens with one attached hydrogen (secondary N) is 1. The van der Waals surface area contributed by atoms with Crippen molar-refractivity contribution in [1.82, 2.24) is 5.32 Å². The van der Waals surface area contributed by atoms with Gasteiger partial charge in [0, 0.05) is 18.7 Å². The quantitative estimate of drug-likeness (QED) is 0.638. The number of carbonyl (C=O) groups is 1. The second kappa shape index (κ2) is 5.48. The van der Waals surface area contributed by atoms with E-state index in [0.717, 1.165) is 0 Å². The molecule has 0 saturated carbocycles. The fourth-order valence-electron chi connectivity index (χ4n) is 1.08. The van der Waals surface area contributed by atoms with Crippen LogP contribution in [0.1, 0.15) is 15.9 Å². The van der Waals surface area contributed by atoms with E-state index in [2.05, 4.69) is 5.32 Å². The van der Waals surface area contributed by atoms with Gasteiger partial charge in [0.25, 0.3) is 5.91 Å². The summed E-state index contributed by atoms with van der Waals surface area (Å²) in [5.74, 6) is -0.269. The van der Waals surface area contributed by atoms with Gasteiger partial charge in [0.05, 0.1) is 6.10 Å². The maximum atomic E-state index is 11.5. The Bertz CT molecular complexity index is 339. The van der Waals surface area contributed by atoms with Gasteiger partial charge in [-0.15, -0.1) is 0 Å². The number of hydrogen-bond acceptors (Lipinski definition) is 3. The Hall–Kier alpha value is -1.39. The molecule has 1 amide bonds. The second-order valence-corrected chi connectivity index (χ2v) is 3.23. The van der Waals surface area contributed by atoms with Gasteiger partial charge in [-0.1, -0.05) is 12.1 Å². The first-order chi connectivity index (χ1) is 7.13. The molecule has 1 unspecified atom stereocenters. The van der Waals surface area contributed by atoms with Crippen molar-refractivity contribution in [2.24, 2.45) is 5.73 Å². The Morgan fingerprint density at radius 2 is 2.33 bits per heavy atom. The topological polar surface area (TPSA) is 75.3 Å². The third-order valence-corrected chi connectivity index (χ3v) is 1.92. The summed E-state index contributed by atoms with van der Waals surface area (Å²) in [6.45, 7) is 5.79. The summed E-state index contributed by atoms with van der Waals surface area (Å²) in [5, 5.41) is 11.7. The fraction of sp³-hybridized carbons (Fsp3) is 0.273. The minimum absolute atomic E-state index is 0.122. The third kappa shape index (κ3) is 3.69. The zero-order chi connectivity index (χ0) is 11.3. The molecule has 1 aromatic rings. The van der Waals surface area contributed by atoms with E-state index in [4.69, 9.17) is 17.8 Å². The van der Waals surface area contributed by atoms with Crippen molar-refractivity contribution in [3.05, 3.63) is 42.3 Å². The van der Waals surface area contributed by atoms with Crippen LogP contribution in [0.25, 0.3) is 0 Å². The van der Waals surface area contributed by atoms with Gasteiger partial charge in [-0.3, -0.25) is 4.79 Å². The number of hydrogen-bond donors (Lipinski definition) is 3. The lowest BCUT2D eigenvalue weighted by atomic mass is 10.1. The Labute approximate surface area is 89.1 Å². The van der Waals surface area contributed by atoms with Crippen molar-refractivity contribution in [1.29, 1.82) is 0 Å². The maximum absolute atomic E-state index is 11.5. The second-order valence-electron chi connectivity index (χ2n) is 3.23. The lowest BCUT2D eigenvalue weighted by Crippen LogP contribution is -2.36. The number of aliphatic hydroxyl groups is 1. The zero-order valence-electron chi connectivity index (χ0n) is 8.31. The lowest BCUT2D eigenvalue weighted by molar-refractivity contribution is 0.0920. The van der Waals surface area contributed by atoms with Crippen LogP contribution in [0.4, 0.5) is 0 Å². The van der Waals surface area contributed by atoms with Crippen LogP contribution in [0.5, 0.6) is 0 Å². The number of rotatable bonds is 4. The summed E-state index contributed by atoms with van der Waals surface area (Å²) in [7, 11) is 0. The van der Waals surface area contributed by atoms with Gasteiger partial charge < -0.3 is 16.2 Å². The number of nitrogens with two attached hydrogens (primary N) is 1. The molecule has 1 rings (SSSR count). The van der Waals surface area contributed by atoms with Crippen LogP contribution < -0.4 is 11.1 Å². The van der Waals surface area contributed by atoms with E-state index in [1.54, 1.807) is 24.3 Å². The fourth-order valence-corrected chi connectivity index (χ4v) is 1.08. The molecule has 0 aromatic heterocycles. The highest BCUT2D eigenvalue weighted by molar-refractivity contribution is 5.94. The average molecular weight is 206 g/mol. The highest BCUT2D eigenvalue weighted by Gasteiger charge is 2.07. The minimum atomic E-state index is -0.713. The molecule has 0 saturated heterocycles. The van der Waals surface area contributed by atoms with Gasteiger partial charge in [-0.05, 0) is 24.6 Å². The van der Waals surface area contributed by atoms with Crippen molar-refractivity contribution in [3.63, 3.8) is 0 Å². The Kier molecular flexibility index (Phi) is 4.27. The maximum Gasteiger partial charge on any atom is 0.251 e. The predicted molar refractivity (Wildman–Crippen MR) is 57.2 cm³/mol. The molecule has 0 bridgehead atoms. The van der Waals surface area contributed by atoms with E-state index >= 15 is 0 Å². The molecule has 4 nitrogen and oxygen atoms in total. The molecule has 1 aromatic carbocycles. The van der Waals surface area contributed by atoms with Crippen molar-refractivity contribution in [2.75, 3.05) is 13.1 Å². The summed E-state index contributed by atoms with van der Waals surface area (Å²) in [5.41, 5.74) is 6.20. The average Bonchev–Trinajstić information content (AvgIpc) is 2.25. The molecule has 2 radical (unpaired) electrons. The molecular formula is C11H14N2O2. The smallest absolute Gasteiger partial charge is 0.251 e. The van der Waals surface area contributed by atoms with Crippen molar-refractivity contribution >= 4 is 5.91 Å². The molecule has 0 aliphatic carbocycles. The van der Waals surface area contributed by atoms with Crippen molar-refractivity contribution in [2.45, 2.75) is 6.10 Å². The standard InChI is InChI=1S/C11H14N2O2/c1-8-3-2-4-9(5-8)11(15)13-7-10(14)6-12/h1-5,10,14H,6-7,12H2,(H,13,15). The largest absolute Gasteiger partial charge is 0.390 e. The molecule has 4 heteroatoms. The number of amides is 1. The van der Waals surface area contributed by atoms with E-state index in [9.17, 15) is 4.79 Å². The van der Waals surface area contributed by atoms with E-state index < -0.39 is 6.10 Å². The van der Waals surface area contributed by atoms with E-state index in [0.29, 0.717) is 11.1 Å². The van der Waals surface area contributed by atoms with Crippen LogP contribution in [0.15, 0.2) is 24.3 Å². The Balaban J connectivity index is 2.54. The zero-order valence-corrected chi connectivity index (χ0v) is 8.31. The van der Waals surface area contributed by atoms with Crippen LogP contribution in [-0.2, 0) is 0 Å². The van der Waals surface area contributed by atoms with Crippen LogP contribution in [0.3, 0.4) is 0 Å². The van der Waals surface area contributed by atoms with Crippen LogP contribution in [0, 0.1) is 6.92 Å². The van der Waals surface area contributed by atoms with Gasteiger partial charge in [0.15, 0.2) is 0 Å². The highest BCUT2D eigenvalue weighted by Crippen LogP contribution is 2.03. The first-order valence-electron chi connectivity index (χ1n) is 4.65. The Morgan fingerprint density at radius 3 is 2.93 bits per heavy atom. The summed E-state index contributed by atoms with van der Waals surface area (Å²) in [6, 6.07) is 6.62. The summed E-state index contributed by atoms with van der Waals surface area (Å²) < 4.78 is 0. The summed E-state index contributed by atoms with van der Waals surface area (Å²) in [4.78, 5) is 11.5. The van der Waals surface area contributed by atoms with Crippen molar-refractivity contribution in [3.8, 4) is 0 Å². The minimum Gasteiger partial charge on any atom is -0.390 e. The van der Waals surface area contributed by atoms with Gasteiger partial charge in [0.1, 0.15) is 0 Å². The van der Waals surface area contributed by atoms with Gasteiger partial charge in [0.2, 0.25) is 0 Å². The van der Waals surface area contributed by atoms with Crippen molar-refractivity contribution < 1.29 is 9.90 Å². The lowest BCUT2D eigenvalue weighted by Gasteiger charge is -2.09. The molecule has 0 fully saturated rings. The SMILES string of the molecule is [CH]c1cccc(C(=O)NCC(O)CN)c1. The van der Waals surface area contributed by atoms with Crippen LogP contribution >= 0.6 is 0 Å².